The van der Waals surface area contributed by atoms with Crippen molar-refractivity contribution < 1.29 is 9.90 Å². The number of hydrazine groups is 1. The van der Waals surface area contributed by atoms with Crippen LogP contribution in [0.3, 0.4) is 0 Å². The molecule has 0 radical (unpaired) electrons. The first-order chi connectivity index (χ1) is 11.0. The van der Waals surface area contributed by atoms with Crippen LogP contribution in [0.25, 0.3) is 0 Å². The van der Waals surface area contributed by atoms with Gasteiger partial charge in [-0.15, -0.1) is 0 Å². The molecule has 0 spiro atoms. The molecule has 6 nitrogen and oxygen atoms in total. The van der Waals surface area contributed by atoms with Crippen LogP contribution in [-0.4, -0.2) is 24.6 Å². The number of hydrogen-bond acceptors (Lipinski definition) is 5. The van der Waals surface area contributed by atoms with Crippen molar-refractivity contribution in [2.24, 2.45) is 5.73 Å². The number of rotatable bonds is 6. The standard InChI is InChI=1S/C17H22N4O2/c1-3-19-17(23)13-5-7-14(8-6-13)21(2)20-15-10-12(11-18)4-9-16(15)22/h4-10,20,22H,3,11,18H2,1-2H3,(H,19,23). The predicted octanol–water partition coefficient (Wildman–Crippen LogP) is 2.06. The van der Waals surface area contributed by atoms with E-state index in [0.29, 0.717) is 24.3 Å². The summed E-state index contributed by atoms with van der Waals surface area (Å²) in [4.78, 5) is 11.7. The number of carbonyl (C=O) groups excluding carboxylic acids is 1. The Morgan fingerprint density at radius 2 is 1.91 bits per heavy atom. The van der Waals surface area contributed by atoms with Crippen molar-refractivity contribution in [3.05, 3.63) is 53.6 Å². The minimum absolute atomic E-state index is 0.0945. The molecule has 0 fully saturated rings. The summed E-state index contributed by atoms with van der Waals surface area (Å²) in [6.45, 7) is 2.88. The van der Waals surface area contributed by atoms with Crippen molar-refractivity contribution >= 4 is 17.3 Å². The maximum absolute atomic E-state index is 11.7. The second-order valence-corrected chi connectivity index (χ2v) is 5.13. The van der Waals surface area contributed by atoms with Gasteiger partial charge in [-0.3, -0.25) is 15.2 Å². The van der Waals surface area contributed by atoms with E-state index in [2.05, 4.69) is 10.7 Å². The van der Waals surface area contributed by atoms with Gasteiger partial charge in [0.05, 0.1) is 11.4 Å². The van der Waals surface area contributed by atoms with E-state index >= 15 is 0 Å². The Morgan fingerprint density at radius 3 is 2.52 bits per heavy atom. The zero-order chi connectivity index (χ0) is 16.8. The molecular formula is C17H22N4O2. The van der Waals surface area contributed by atoms with Crippen molar-refractivity contribution in [3.8, 4) is 5.75 Å². The van der Waals surface area contributed by atoms with Crippen molar-refractivity contribution in [1.29, 1.82) is 0 Å². The van der Waals surface area contributed by atoms with E-state index in [1.807, 2.05) is 26.1 Å². The maximum Gasteiger partial charge on any atom is 0.251 e. The Balaban J connectivity index is 2.11. The fraction of sp³-hybridized carbons (Fsp3) is 0.235. The van der Waals surface area contributed by atoms with Crippen LogP contribution in [0.4, 0.5) is 11.4 Å². The molecule has 0 atom stereocenters. The number of nitrogens with one attached hydrogen (secondary N) is 2. The van der Waals surface area contributed by atoms with E-state index in [0.717, 1.165) is 11.3 Å². The normalized spacial score (nSPS) is 10.2. The highest BCUT2D eigenvalue weighted by atomic mass is 16.3. The number of nitrogens with two attached hydrogens (primary N) is 1. The first-order valence-electron chi connectivity index (χ1n) is 7.45. The lowest BCUT2D eigenvalue weighted by atomic mass is 10.2. The minimum atomic E-state index is -0.0945. The summed E-state index contributed by atoms with van der Waals surface area (Å²) in [5.41, 5.74) is 11.7. The fourth-order valence-electron chi connectivity index (χ4n) is 2.14. The lowest BCUT2D eigenvalue weighted by Crippen LogP contribution is -2.25. The first-order valence-corrected chi connectivity index (χ1v) is 7.45. The van der Waals surface area contributed by atoms with Crippen molar-refractivity contribution in [1.82, 2.24) is 5.32 Å². The highest BCUT2D eigenvalue weighted by Gasteiger charge is 2.08. The Kier molecular flexibility index (Phi) is 5.43. The van der Waals surface area contributed by atoms with Crippen molar-refractivity contribution in [3.63, 3.8) is 0 Å². The average molecular weight is 314 g/mol. The Hall–Kier alpha value is -2.73. The summed E-state index contributed by atoms with van der Waals surface area (Å²) in [6, 6.07) is 12.4. The van der Waals surface area contributed by atoms with Crippen LogP contribution in [0.15, 0.2) is 42.5 Å². The van der Waals surface area contributed by atoms with Gasteiger partial charge in [-0.25, -0.2) is 0 Å². The van der Waals surface area contributed by atoms with Crippen molar-refractivity contribution in [2.75, 3.05) is 24.0 Å². The molecule has 122 valence electrons. The van der Waals surface area contributed by atoms with E-state index in [4.69, 9.17) is 5.73 Å². The number of amides is 1. The molecule has 0 aromatic heterocycles. The molecule has 2 aromatic rings. The fourth-order valence-corrected chi connectivity index (χ4v) is 2.14. The van der Waals surface area contributed by atoms with Crippen LogP contribution in [0.1, 0.15) is 22.8 Å². The highest BCUT2D eigenvalue weighted by Crippen LogP contribution is 2.26. The summed E-state index contributed by atoms with van der Waals surface area (Å²) < 4.78 is 0. The van der Waals surface area contributed by atoms with Gasteiger partial charge in [0.25, 0.3) is 5.91 Å². The number of hydrogen-bond donors (Lipinski definition) is 4. The topological polar surface area (TPSA) is 90.6 Å². The lowest BCUT2D eigenvalue weighted by molar-refractivity contribution is 0.0956. The molecular weight excluding hydrogens is 292 g/mol. The molecule has 23 heavy (non-hydrogen) atoms. The van der Waals surface area contributed by atoms with E-state index in [1.165, 1.54) is 0 Å². The molecule has 0 heterocycles. The van der Waals surface area contributed by atoms with Gasteiger partial charge in [-0.2, -0.15) is 0 Å². The molecule has 0 bridgehead atoms. The third-order valence-corrected chi connectivity index (χ3v) is 3.44. The van der Waals surface area contributed by atoms with Gasteiger partial charge in [0.2, 0.25) is 0 Å². The van der Waals surface area contributed by atoms with Crippen LogP contribution < -0.4 is 21.5 Å². The number of carbonyl (C=O) groups is 1. The Morgan fingerprint density at radius 1 is 1.22 bits per heavy atom. The maximum atomic E-state index is 11.7. The second-order valence-electron chi connectivity index (χ2n) is 5.13. The monoisotopic (exact) mass is 314 g/mol. The van der Waals surface area contributed by atoms with E-state index in [1.54, 1.807) is 35.3 Å². The van der Waals surface area contributed by atoms with Crippen molar-refractivity contribution in [2.45, 2.75) is 13.5 Å². The quantitative estimate of drug-likeness (QED) is 0.484. The van der Waals surface area contributed by atoms with Crippen LogP contribution in [0.2, 0.25) is 0 Å². The third-order valence-electron chi connectivity index (χ3n) is 3.44. The zero-order valence-electron chi connectivity index (χ0n) is 13.3. The second kappa shape index (κ2) is 7.51. The molecule has 0 aliphatic heterocycles. The molecule has 2 aromatic carbocycles. The van der Waals surface area contributed by atoms with Gasteiger partial charge in [0, 0.05) is 25.7 Å². The van der Waals surface area contributed by atoms with Gasteiger partial charge in [-0.05, 0) is 48.9 Å². The third kappa shape index (κ3) is 4.14. The predicted molar refractivity (Wildman–Crippen MR) is 92.5 cm³/mol. The van der Waals surface area contributed by atoms with Crippen LogP contribution in [0, 0.1) is 0 Å². The highest BCUT2D eigenvalue weighted by molar-refractivity contribution is 5.94. The average Bonchev–Trinajstić information content (AvgIpc) is 2.57. The van der Waals surface area contributed by atoms with Gasteiger partial charge in [0.15, 0.2) is 0 Å². The smallest absolute Gasteiger partial charge is 0.251 e. The Bertz CT molecular complexity index is 671. The number of aromatic hydroxyl groups is 1. The van der Waals surface area contributed by atoms with Gasteiger partial charge in [-0.1, -0.05) is 6.07 Å². The van der Waals surface area contributed by atoms with Crippen LogP contribution in [0.5, 0.6) is 5.75 Å². The van der Waals surface area contributed by atoms with Crippen LogP contribution in [-0.2, 0) is 6.54 Å². The molecule has 0 saturated carbocycles. The van der Waals surface area contributed by atoms with Gasteiger partial charge in [0.1, 0.15) is 5.75 Å². The number of anilines is 2. The molecule has 1 amide bonds. The number of nitrogens with zero attached hydrogens (tertiary/aromatic N) is 1. The number of phenolic OH excluding ortho intramolecular Hbond substituents is 1. The minimum Gasteiger partial charge on any atom is -0.506 e. The summed E-state index contributed by atoms with van der Waals surface area (Å²) in [7, 11) is 1.83. The number of benzene rings is 2. The number of phenols is 1. The molecule has 5 N–H and O–H groups in total. The summed E-state index contributed by atoms with van der Waals surface area (Å²) >= 11 is 0. The SMILES string of the molecule is CCNC(=O)c1ccc(N(C)Nc2cc(CN)ccc2O)cc1. The molecule has 0 saturated heterocycles. The molecule has 0 aliphatic rings. The van der Waals surface area contributed by atoms with Gasteiger partial charge >= 0.3 is 0 Å². The molecule has 0 unspecified atom stereocenters. The van der Waals surface area contributed by atoms with Crippen LogP contribution >= 0.6 is 0 Å². The summed E-state index contributed by atoms with van der Waals surface area (Å²) in [6.07, 6.45) is 0. The van der Waals surface area contributed by atoms with E-state index in [-0.39, 0.29) is 11.7 Å². The first kappa shape index (κ1) is 16.6. The van der Waals surface area contributed by atoms with Gasteiger partial charge < -0.3 is 16.2 Å². The summed E-state index contributed by atoms with van der Waals surface area (Å²) in [5, 5.41) is 14.4. The van der Waals surface area contributed by atoms with E-state index < -0.39 is 0 Å². The molecule has 6 heteroatoms. The lowest BCUT2D eigenvalue weighted by Gasteiger charge is -2.22. The molecule has 2 rings (SSSR count). The van der Waals surface area contributed by atoms with E-state index in [9.17, 15) is 9.90 Å². The Labute approximate surface area is 135 Å². The summed E-state index contributed by atoms with van der Waals surface area (Å²) in [5.74, 6) is 0.0518. The largest absolute Gasteiger partial charge is 0.506 e. The molecule has 0 aliphatic carbocycles. The zero-order valence-corrected chi connectivity index (χ0v) is 13.3.